The minimum Gasteiger partial charge on any atom is -0.382 e. The molecule has 0 aliphatic heterocycles. The molecular weight excluding hydrogens is 202 g/mol. The highest BCUT2D eigenvalue weighted by Gasteiger charge is 2.11. The van der Waals surface area contributed by atoms with Gasteiger partial charge < -0.3 is 14.8 Å². The molecule has 1 N–H and O–H groups in total. The first-order valence-corrected chi connectivity index (χ1v) is 6.67. The van der Waals surface area contributed by atoms with Crippen molar-refractivity contribution in [2.75, 3.05) is 26.9 Å². The van der Waals surface area contributed by atoms with E-state index in [-0.39, 0.29) is 6.10 Å². The maximum Gasteiger partial charge on any atom is 0.0780 e. The van der Waals surface area contributed by atoms with Crippen LogP contribution in [-0.2, 0) is 9.47 Å². The molecule has 16 heavy (non-hydrogen) atoms. The molecule has 0 aromatic carbocycles. The summed E-state index contributed by atoms with van der Waals surface area (Å²) in [6.45, 7) is 4.50. The fourth-order valence-corrected chi connectivity index (χ4v) is 2.29. The Labute approximate surface area is 99.9 Å². The van der Waals surface area contributed by atoms with Gasteiger partial charge in [-0.3, -0.25) is 0 Å². The van der Waals surface area contributed by atoms with E-state index in [1.807, 2.05) is 0 Å². The second-order valence-electron chi connectivity index (χ2n) is 4.78. The molecule has 0 amide bonds. The molecule has 3 nitrogen and oxygen atoms in total. The number of rotatable bonds is 7. The van der Waals surface area contributed by atoms with E-state index in [1.54, 1.807) is 7.11 Å². The molecule has 0 aromatic rings. The van der Waals surface area contributed by atoms with Gasteiger partial charge in [0, 0.05) is 19.7 Å². The van der Waals surface area contributed by atoms with Gasteiger partial charge in [0.1, 0.15) is 0 Å². The van der Waals surface area contributed by atoms with E-state index in [1.165, 1.54) is 38.5 Å². The van der Waals surface area contributed by atoms with Crippen LogP contribution in [0, 0.1) is 0 Å². The SMILES string of the molecule is COCC(C)OCCNC1CCCCCC1. The van der Waals surface area contributed by atoms with Gasteiger partial charge >= 0.3 is 0 Å². The molecule has 0 radical (unpaired) electrons. The Balaban J connectivity index is 1.97. The Morgan fingerprint density at radius 1 is 1.19 bits per heavy atom. The highest BCUT2D eigenvalue weighted by molar-refractivity contribution is 4.70. The normalized spacial score (nSPS) is 20.6. The quantitative estimate of drug-likeness (QED) is 0.537. The number of hydrogen-bond donors (Lipinski definition) is 1. The van der Waals surface area contributed by atoms with Crippen LogP contribution in [0.3, 0.4) is 0 Å². The highest BCUT2D eigenvalue weighted by Crippen LogP contribution is 2.16. The Kier molecular flexibility index (Phi) is 7.81. The molecule has 0 saturated heterocycles. The molecular formula is C13H27NO2. The summed E-state index contributed by atoms with van der Waals surface area (Å²) in [4.78, 5) is 0. The van der Waals surface area contributed by atoms with Gasteiger partial charge in [-0.2, -0.15) is 0 Å². The predicted molar refractivity (Wildman–Crippen MR) is 66.8 cm³/mol. The minimum absolute atomic E-state index is 0.209. The Morgan fingerprint density at radius 2 is 1.88 bits per heavy atom. The van der Waals surface area contributed by atoms with Crippen molar-refractivity contribution in [3.8, 4) is 0 Å². The maximum absolute atomic E-state index is 5.62. The van der Waals surface area contributed by atoms with Crippen molar-refractivity contribution in [2.24, 2.45) is 0 Å². The highest BCUT2D eigenvalue weighted by atomic mass is 16.5. The van der Waals surface area contributed by atoms with Crippen molar-refractivity contribution < 1.29 is 9.47 Å². The molecule has 1 unspecified atom stereocenters. The lowest BCUT2D eigenvalue weighted by Crippen LogP contribution is -2.32. The Hall–Kier alpha value is -0.120. The third-order valence-corrected chi connectivity index (χ3v) is 3.19. The van der Waals surface area contributed by atoms with Crippen molar-refractivity contribution >= 4 is 0 Å². The van der Waals surface area contributed by atoms with Crippen LogP contribution < -0.4 is 5.32 Å². The first-order chi connectivity index (χ1) is 7.83. The van der Waals surface area contributed by atoms with Gasteiger partial charge in [-0.05, 0) is 19.8 Å². The van der Waals surface area contributed by atoms with Crippen molar-refractivity contribution in [2.45, 2.75) is 57.6 Å². The van der Waals surface area contributed by atoms with Gasteiger partial charge in [0.25, 0.3) is 0 Å². The van der Waals surface area contributed by atoms with E-state index in [0.717, 1.165) is 19.2 Å². The maximum atomic E-state index is 5.62. The number of nitrogens with one attached hydrogen (secondary N) is 1. The zero-order chi connectivity index (χ0) is 11.6. The lowest BCUT2D eigenvalue weighted by molar-refractivity contribution is 0.00995. The summed E-state index contributed by atoms with van der Waals surface area (Å²) in [6, 6.07) is 0.726. The van der Waals surface area contributed by atoms with E-state index in [9.17, 15) is 0 Å². The average Bonchev–Trinajstić information content (AvgIpc) is 2.53. The lowest BCUT2D eigenvalue weighted by atomic mass is 10.1. The summed E-state index contributed by atoms with van der Waals surface area (Å²) in [5, 5.41) is 3.59. The van der Waals surface area contributed by atoms with Crippen LogP contribution in [0.4, 0.5) is 0 Å². The van der Waals surface area contributed by atoms with Gasteiger partial charge in [-0.1, -0.05) is 25.7 Å². The van der Waals surface area contributed by atoms with Gasteiger partial charge in [-0.15, -0.1) is 0 Å². The molecule has 1 aliphatic carbocycles. The summed E-state index contributed by atoms with van der Waals surface area (Å²) in [7, 11) is 1.71. The van der Waals surface area contributed by atoms with Crippen molar-refractivity contribution in [3.05, 3.63) is 0 Å². The predicted octanol–water partition coefficient (Wildman–Crippen LogP) is 2.35. The monoisotopic (exact) mass is 229 g/mol. The van der Waals surface area contributed by atoms with Crippen LogP contribution >= 0.6 is 0 Å². The van der Waals surface area contributed by atoms with E-state index < -0.39 is 0 Å². The molecule has 0 aromatic heterocycles. The zero-order valence-corrected chi connectivity index (χ0v) is 10.8. The van der Waals surface area contributed by atoms with Gasteiger partial charge in [0.05, 0.1) is 19.3 Å². The number of methoxy groups -OCH3 is 1. The van der Waals surface area contributed by atoms with Gasteiger partial charge in [0.15, 0.2) is 0 Å². The molecule has 1 rings (SSSR count). The van der Waals surface area contributed by atoms with Crippen molar-refractivity contribution in [3.63, 3.8) is 0 Å². The molecule has 1 aliphatic rings. The van der Waals surface area contributed by atoms with Crippen LogP contribution in [0.5, 0.6) is 0 Å². The average molecular weight is 229 g/mol. The second-order valence-corrected chi connectivity index (χ2v) is 4.78. The summed E-state index contributed by atoms with van der Waals surface area (Å²) >= 11 is 0. The molecule has 96 valence electrons. The first-order valence-electron chi connectivity index (χ1n) is 6.67. The third kappa shape index (κ3) is 6.46. The topological polar surface area (TPSA) is 30.5 Å². The van der Waals surface area contributed by atoms with E-state index in [0.29, 0.717) is 6.61 Å². The zero-order valence-electron chi connectivity index (χ0n) is 10.8. The lowest BCUT2D eigenvalue weighted by Gasteiger charge is -2.17. The molecule has 0 heterocycles. The molecule has 1 fully saturated rings. The third-order valence-electron chi connectivity index (χ3n) is 3.19. The summed E-state index contributed by atoms with van der Waals surface area (Å²) in [5.41, 5.74) is 0. The minimum atomic E-state index is 0.209. The molecule has 0 spiro atoms. The van der Waals surface area contributed by atoms with E-state index in [2.05, 4.69) is 12.2 Å². The summed E-state index contributed by atoms with van der Waals surface area (Å²) in [5.74, 6) is 0. The van der Waals surface area contributed by atoms with Crippen molar-refractivity contribution in [1.29, 1.82) is 0 Å². The van der Waals surface area contributed by atoms with Crippen LogP contribution in [0.1, 0.15) is 45.4 Å². The van der Waals surface area contributed by atoms with Crippen LogP contribution in [0.15, 0.2) is 0 Å². The van der Waals surface area contributed by atoms with E-state index >= 15 is 0 Å². The summed E-state index contributed by atoms with van der Waals surface area (Å²) in [6.07, 6.45) is 8.50. The second kappa shape index (κ2) is 8.97. The fourth-order valence-electron chi connectivity index (χ4n) is 2.29. The molecule has 0 bridgehead atoms. The molecule has 3 heteroatoms. The standard InChI is InChI=1S/C13H27NO2/c1-12(11-15-2)16-10-9-14-13-7-5-3-4-6-8-13/h12-14H,3-11H2,1-2H3. The van der Waals surface area contributed by atoms with Crippen LogP contribution in [0.25, 0.3) is 0 Å². The molecule has 1 atom stereocenters. The largest absolute Gasteiger partial charge is 0.382 e. The van der Waals surface area contributed by atoms with Gasteiger partial charge in [0.2, 0.25) is 0 Å². The molecule has 1 saturated carbocycles. The number of hydrogen-bond acceptors (Lipinski definition) is 3. The summed E-state index contributed by atoms with van der Waals surface area (Å²) < 4.78 is 10.6. The fraction of sp³-hybridized carbons (Fsp3) is 1.00. The number of ether oxygens (including phenoxy) is 2. The van der Waals surface area contributed by atoms with Gasteiger partial charge in [-0.25, -0.2) is 0 Å². The first kappa shape index (κ1) is 13.9. The smallest absolute Gasteiger partial charge is 0.0780 e. The Morgan fingerprint density at radius 3 is 2.50 bits per heavy atom. The van der Waals surface area contributed by atoms with E-state index in [4.69, 9.17) is 9.47 Å². The Bertz CT molecular complexity index is 156. The van der Waals surface area contributed by atoms with Crippen molar-refractivity contribution in [1.82, 2.24) is 5.32 Å². The van der Waals surface area contributed by atoms with Crippen LogP contribution in [-0.4, -0.2) is 39.0 Å². The van der Waals surface area contributed by atoms with Crippen LogP contribution in [0.2, 0.25) is 0 Å².